The molecule has 0 unspecified atom stereocenters. The van der Waals surface area contributed by atoms with Gasteiger partial charge in [-0.1, -0.05) is 25.5 Å². The fraction of sp³-hybridized carbons (Fsp3) is 0.400. The Morgan fingerprint density at radius 3 is 2.69 bits per heavy atom. The highest BCUT2D eigenvalue weighted by molar-refractivity contribution is 5.85. The smallest absolute Gasteiger partial charge is 0.123 e. The van der Waals surface area contributed by atoms with Gasteiger partial charge in [0.1, 0.15) is 5.82 Å². The normalized spacial score (nSPS) is 11.9. The van der Waals surface area contributed by atoms with Crippen LogP contribution in [-0.4, -0.2) is 0 Å². The molecule has 1 rings (SSSR count). The maximum atomic E-state index is 12.7. The Morgan fingerprint density at radius 1 is 1.46 bits per heavy atom. The van der Waals surface area contributed by atoms with Gasteiger partial charge in [-0.05, 0) is 24.1 Å². The second kappa shape index (κ2) is 5.95. The van der Waals surface area contributed by atoms with Crippen LogP contribution in [0.2, 0.25) is 0 Å². The van der Waals surface area contributed by atoms with E-state index < -0.39 is 0 Å². The van der Waals surface area contributed by atoms with Crippen molar-refractivity contribution in [1.82, 2.24) is 0 Å². The number of nitrogens with two attached hydrogens (primary N) is 1. The van der Waals surface area contributed by atoms with Crippen molar-refractivity contribution in [3.63, 3.8) is 0 Å². The fourth-order valence-corrected chi connectivity index (χ4v) is 1.21. The first kappa shape index (κ1) is 12.4. The molecule has 2 N–H and O–H groups in total. The largest absolute Gasteiger partial charge is 0.324 e. The molecule has 0 aliphatic heterocycles. The van der Waals surface area contributed by atoms with E-state index in [1.54, 1.807) is 6.07 Å². The molecule has 1 atom stereocenters. The third-order valence-corrected chi connectivity index (χ3v) is 1.88. The average molecular weight is 204 g/mol. The lowest BCUT2D eigenvalue weighted by Crippen LogP contribution is -2.09. The molecule has 0 spiro atoms. The van der Waals surface area contributed by atoms with Gasteiger partial charge in [0, 0.05) is 6.04 Å². The van der Waals surface area contributed by atoms with Gasteiger partial charge < -0.3 is 5.73 Å². The Morgan fingerprint density at radius 2 is 2.15 bits per heavy atom. The van der Waals surface area contributed by atoms with Crippen LogP contribution in [0.25, 0.3) is 0 Å². The summed E-state index contributed by atoms with van der Waals surface area (Å²) in [5.74, 6) is -0.209. The Hall–Kier alpha value is -0.600. The molecule has 13 heavy (non-hydrogen) atoms. The summed E-state index contributed by atoms with van der Waals surface area (Å²) in [6.07, 6.45) is 1.93. The van der Waals surface area contributed by atoms with E-state index >= 15 is 0 Å². The van der Waals surface area contributed by atoms with Crippen molar-refractivity contribution in [2.24, 2.45) is 5.73 Å². The van der Waals surface area contributed by atoms with Crippen LogP contribution in [0.1, 0.15) is 31.4 Å². The van der Waals surface area contributed by atoms with Gasteiger partial charge in [-0.2, -0.15) is 0 Å². The first-order valence-electron chi connectivity index (χ1n) is 4.25. The van der Waals surface area contributed by atoms with Crippen molar-refractivity contribution >= 4 is 12.4 Å². The minimum Gasteiger partial charge on any atom is -0.324 e. The highest BCUT2D eigenvalue weighted by Gasteiger charge is 2.04. The summed E-state index contributed by atoms with van der Waals surface area (Å²) in [7, 11) is 0. The molecule has 0 fully saturated rings. The molecule has 1 aromatic rings. The maximum Gasteiger partial charge on any atom is 0.123 e. The summed E-state index contributed by atoms with van der Waals surface area (Å²) in [6, 6.07) is 6.47. The molecule has 3 heteroatoms. The molecule has 0 aliphatic rings. The lowest BCUT2D eigenvalue weighted by atomic mass is 10.0. The van der Waals surface area contributed by atoms with Crippen LogP contribution < -0.4 is 5.73 Å². The first-order valence-corrected chi connectivity index (χ1v) is 4.25. The lowest BCUT2D eigenvalue weighted by molar-refractivity contribution is 0.605. The van der Waals surface area contributed by atoms with Crippen LogP contribution in [0.3, 0.4) is 0 Å². The average Bonchev–Trinajstić information content (AvgIpc) is 2.05. The zero-order valence-corrected chi connectivity index (χ0v) is 8.48. The molecule has 0 saturated carbocycles. The molecule has 0 amide bonds. The van der Waals surface area contributed by atoms with E-state index in [1.165, 1.54) is 12.1 Å². The summed E-state index contributed by atoms with van der Waals surface area (Å²) in [4.78, 5) is 0. The van der Waals surface area contributed by atoms with Crippen LogP contribution in [0, 0.1) is 5.82 Å². The van der Waals surface area contributed by atoms with Crippen molar-refractivity contribution in [3.05, 3.63) is 35.6 Å². The van der Waals surface area contributed by atoms with E-state index in [4.69, 9.17) is 5.73 Å². The number of benzene rings is 1. The highest BCUT2D eigenvalue weighted by Crippen LogP contribution is 2.15. The molecular formula is C10H15ClFN. The Bertz CT molecular complexity index is 252. The van der Waals surface area contributed by atoms with Crippen molar-refractivity contribution < 1.29 is 4.39 Å². The Labute approximate surface area is 84.5 Å². The molecule has 0 aromatic heterocycles. The van der Waals surface area contributed by atoms with Gasteiger partial charge in [0.15, 0.2) is 0 Å². The van der Waals surface area contributed by atoms with Gasteiger partial charge in [-0.15, -0.1) is 12.4 Å². The van der Waals surface area contributed by atoms with Gasteiger partial charge in [0.2, 0.25) is 0 Å². The van der Waals surface area contributed by atoms with Gasteiger partial charge in [-0.25, -0.2) is 4.39 Å². The van der Waals surface area contributed by atoms with Gasteiger partial charge in [-0.3, -0.25) is 0 Å². The van der Waals surface area contributed by atoms with E-state index in [1.807, 2.05) is 6.07 Å². The summed E-state index contributed by atoms with van der Waals surface area (Å²) < 4.78 is 12.7. The van der Waals surface area contributed by atoms with Crippen molar-refractivity contribution in [1.29, 1.82) is 0 Å². The Kier molecular flexibility index (Phi) is 5.67. The van der Waals surface area contributed by atoms with Crippen LogP contribution in [0.5, 0.6) is 0 Å². The van der Waals surface area contributed by atoms with Crippen molar-refractivity contribution in [2.75, 3.05) is 0 Å². The van der Waals surface area contributed by atoms with E-state index in [9.17, 15) is 4.39 Å². The topological polar surface area (TPSA) is 26.0 Å². The monoisotopic (exact) mass is 203 g/mol. The third kappa shape index (κ3) is 3.75. The van der Waals surface area contributed by atoms with E-state index in [2.05, 4.69) is 6.92 Å². The first-order chi connectivity index (χ1) is 5.74. The standard InChI is InChI=1S/C10H14FN.ClH/c1-2-4-10(12)8-5-3-6-9(11)7-8;/h3,5-7,10H,2,4,12H2,1H3;1H/t10-;/m0./s1. The summed E-state index contributed by atoms with van der Waals surface area (Å²) in [6.45, 7) is 2.07. The minimum absolute atomic E-state index is 0. The molecule has 1 aromatic carbocycles. The zero-order valence-electron chi connectivity index (χ0n) is 7.66. The van der Waals surface area contributed by atoms with E-state index in [0.29, 0.717) is 0 Å². The second-order valence-corrected chi connectivity index (χ2v) is 2.95. The van der Waals surface area contributed by atoms with Gasteiger partial charge in [0.25, 0.3) is 0 Å². The van der Waals surface area contributed by atoms with Crippen LogP contribution in [0.15, 0.2) is 24.3 Å². The van der Waals surface area contributed by atoms with Crippen molar-refractivity contribution in [2.45, 2.75) is 25.8 Å². The predicted molar refractivity (Wildman–Crippen MR) is 55.5 cm³/mol. The van der Waals surface area contributed by atoms with E-state index in [0.717, 1.165) is 18.4 Å². The Balaban J connectivity index is 0.00000144. The van der Waals surface area contributed by atoms with Crippen LogP contribution in [0.4, 0.5) is 4.39 Å². The second-order valence-electron chi connectivity index (χ2n) is 2.95. The highest BCUT2D eigenvalue weighted by atomic mass is 35.5. The number of hydrogen-bond donors (Lipinski definition) is 1. The molecule has 0 saturated heterocycles. The third-order valence-electron chi connectivity index (χ3n) is 1.88. The van der Waals surface area contributed by atoms with Crippen molar-refractivity contribution in [3.8, 4) is 0 Å². The summed E-state index contributed by atoms with van der Waals surface area (Å²) >= 11 is 0. The predicted octanol–water partition coefficient (Wildman–Crippen LogP) is 3.05. The lowest BCUT2D eigenvalue weighted by Gasteiger charge is -2.09. The zero-order chi connectivity index (χ0) is 8.97. The van der Waals surface area contributed by atoms with Crippen LogP contribution >= 0.6 is 12.4 Å². The molecule has 0 bridgehead atoms. The maximum absolute atomic E-state index is 12.7. The molecule has 1 nitrogen and oxygen atoms in total. The molecule has 0 heterocycles. The number of rotatable bonds is 3. The summed E-state index contributed by atoms with van der Waals surface area (Å²) in [5.41, 5.74) is 6.69. The van der Waals surface area contributed by atoms with Gasteiger partial charge in [0.05, 0.1) is 0 Å². The molecule has 0 radical (unpaired) electrons. The van der Waals surface area contributed by atoms with Gasteiger partial charge >= 0.3 is 0 Å². The molecular weight excluding hydrogens is 189 g/mol. The SMILES string of the molecule is CCC[C@H](N)c1cccc(F)c1.Cl. The fourth-order valence-electron chi connectivity index (χ4n) is 1.21. The summed E-state index contributed by atoms with van der Waals surface area (Å²) in [5, 5.41) is 0. The molecule has 0 aliphatic carbocycles. The van der Waals surface area contributed by atoms with E-state index in [-0.39, 0.29) is 24.3 Å². The van der Waals surface area contributed by atoms with Crippen LogP contribution in [-0.2, 0) is 0 Å². The quantitative estimate of drug-likeness (QED) is 0.803. The number of halogens is 2. The number of hydrogen-bond acceptors (Lipinski definition) is 1. The minimum atomic E-state index is -0.209. The molecule has 74 valence electrons.